The van der Waals surface area contributed by atoms with E-state index in [-0.39, 0.29) is 5.82 Å². The third-order valence-electron chi connectivity index (χ3n) is 1.89. The van der Waals surface area contributed by atoms with Crippen molar-refractivity contribution in [3.8, 4) is 0 Å². The molecular weight excluding hydrogens is 303 g/mol. The fourth-order valence-corrected chi connectivity index (χ4v) is 2.77. The van der Waals surface area contributed by atoms with Gasteiger partial charge in [-0.05, 0) is 18.2 Å². The highest BCUT2D eigenvalue weighted by atomic mass is 35.5. The van der Waals surface area contributed by atoms with Crippen LogP contribution in [0.2, 0.25) is 13.7 Å². The minimum atomic E-state index is -0.390. The summed E-state index contributed by atoms with van der Waals surface area (Å²) in [4.78, 5) is 15.8. The Balaban J connectivity index is 2.23. The van der Waals surface area contributed by atoms with E-state index in [4.69, 9.17) is 34.8 Å². The number of carbonyl (C=O) groups is 1. The minimum Gasteiger partial charge on any atom is -0.305 e. The molecule has 88 valence electrons. The van der Waals surface area contributed by atoms with Crippen molar-refractivity contribution in [3.05, 3.63) is 43.7 Å². The normalized spacial score (nSPS) is 10.3. The second kappa shape index (κ2) is 5.23. The molecule has 7 heteroatoms. The van der Waals surface area contributed by atoms with Crippen molar-refractivity contribution in [1.29, 1.82) is 0 Å². The van der Waals surface area contributed by atoms with Gasteiger partial charge in [0.25, 0.3) is 5.91 Å². The lowest BCUT2D eigenvalue weighted by molar-refractivity contribution is 0.102. The van der Waals surface area contributed by atoms with E-state index < -0.39 is 5.91 Å². The number of pyridine rings is 1. The number of hydrogen-bond acceptors (Lipinski definition) is 3. The molecule has 2 aromatic rings. The molecule has 0 aliphatic heterocycles. The van der Waals surface area contributed by atoms with E-state index in [0.29, 0.717) is 19.3 Å². The van der Waals surface area contributed by atoms with E-state index in [1.807, 2.05) is 0 Å². The van der Waals surface area contributed by atoms with Crippen LogP contribution in [-0.4, -0.2) is 10.9 Å². The summed E-state index contributed by atoms with van der Waals surface area (Å²) in [5, 5.41) is 2.92. The molecule has 2 aromatic heterocycles. The van der Waals surface area contributed by atoms with Crippen molar-refractivity contribution in [2.24, 2.45) is 0 Å². The summed E-state index contributed by atoms with van der Waals surface area (Å²) in [6.45, 7) is 0. The van der Waals surface area contributed by atoms with Gasteiger partial charge in [-0.25, -0.2) is 4.98 Å². The lowest BCUT2D eigenvalue weighted by Crippen LogP contribution is -2.12. The first-order valence-corrected chi connectivity index (χ1v) is 6.39. The molecule has 2 heterocycles. The highest BCUT2D eigenvalue weighted by molar-refractivity contribution is 7.20. The van der Waals surface area contributed by atoms with Crippen molar-refractivity contribution in [3.63, 3.8) is 0 Å². The van der Waals surface area contributed by atoms with Crippen LogP contribution in [0.15, 0.2) is 24.4 Å². The summed E-state index contributed by atoms with van der Waals surface area (Å²) in [5.74, 6) is -0.101. The lowest BCUT2D eigenvalue weighted by Gasteiger charge is -2.04. The van der Waals surface area contributed by atoms with Crippen LogP contribution in [0.25, 0.3) is 0 Å². The lowest BCUT2D eigenvalue weighted by atomic mass is 10.3. The van der Waals surface area contributed by atoms with Gasteiger partial charge in [0.2, 0.25) is 0 Å². The molecule has 1 N–H and O–H groups in total. The third kappa shape index (κ3) is 2.90. The Kier molecular flexibility index (Phi) is 3.89. The third-order valence-corrected chi connectivity index (χ3v) is 3.68. The van der Waals surface area contributed by atoms with Gasteiger partial charge < -0.3 is 5.32 Å². The van der Waals surface area contributed by atoms with E-state index in [1.54, 1.807) is 12.1 Å². The van der Waals surface area contributed by atoms with Crippen molar-refractivity contribution in [2.45, 2.75) is 0 Å². The zero-order chi connectivity index (χ0) is 12.4. The molecule has 0 saturated carbocycles. The number of nitrogens with zero attached hydrogens (tertiary/aromatic N) is 1. The van der Waals surface area contributed by atoms with Crippen LogP contribution in [0.4, 0.5) is 5.82 Å². The number of thiophene rings is 1. The van der Waals surface area contributed by atoms with Crippen molar-refractivity contribution in [2.75, 3.05) is 5.32 Å². The maximum atomic E-state index is 11.9. The SMILES string of the molecule is O=C(Nc1ncccc1Cl)c1cc(Cl)sc1Cl. The number of carbonyl (C=O) groups excluding carboxylic acids is 1. The Morgan fingerprint density at radius 2 is 2.12 bits per heavy atom. The molecule has 1 amide bonds. The molecule has 0 aromatic carbocycles. The Morgan fingerprint density at radius 1 is 1.35 bits per heavy atom. The molecule has 0 unspecified atom stereocenters. The van der Waals surface area contributed by atoms with Gasteiger partial charge in [-0.15, -0.1) is 11.3 Å². The Morgan fingerprint density at radius 3 is 2.71 bits per heavy atom. The average Bonchev–Trinajstić information content (AvgIpc) is 2.61. The zero-order valence-corrected chi connectivity index (χ0v) is 11.3. The topological polar surface area (TPSA) is 42.0 Å². The predicted octanol–water partition coefficient (Wildman–Crippen LogP) is 4.36. The van der Waals surface area contributed by atoms with Gasteiger partial charge >= 0.3 is 0 Å². The summed E-state index contributed by atoms with van der Waals surface area (Å²) >= 11 is 18.6. The summed E-state index contributed by atoms with van der Waals surface area (Å²) in [6.07, 6.45) is 1.53. The van der Waals surface area contributed by atoms with E-state index >= 15 is 0 Å². The molecule has 3 nitrogen and oxygen atoms in total. The van der Waals surface area contributed by atoms with E-state index in [1.165, 1.54) is 12.3 Å². The Hall–Kier alpha value is -0.810. The van der Waals surface area contributed by atoms with E-state index in [2.05, 4.69) is 10.3 Å². The van der Waals surface area contributed by atoms with Crippen LogP contribution in [0, 0.1) is 0 Å². The molecule has 0 aliphatic rings. The number of anilines is 1. The van der Waals surface area contributed by atoms with Gasteiger partial charge in [0.05, 0.1) is 14.9 Å². The molecule has 0 aliphatic carbocycles. The Labute approximate surface area is 116 Å². The second-order valence-electron chi connectivity index (χ2n) is 3.03. The maximum absolute atomic E-state index is 11.9. The first-order chi connectivity index (χ1) is 8.08. The monoisotopic (exact) mass is 306 g/mol. The first-order valence-electron chi connectivity index (χ1n) is 4.44. The van der Waals surface area contributed by atoms with Crippen LogP contribution in [0.3, 0.4) is 0 Å². The van der Waals surface area contributed by atoms with Gasteiger partial charge in [0, 0.05) is 6.20 Å². The van der Waals surface area contributed by atoms with Crippen molar-refractivity contribution < 1.29 is 4.79 Å². The summed E-state index contributed by atoms with van der Waals surface area (Å²) in [5.41, 5.74) is 0.309. The van der Waals surface area contributed by atoms with Crippen molar-refractivity contribution >= 4 is 57.9 Å². The van der Waals surface area contributed by atoms with Gasteiger partial charge in [-0.1, -0.05) is 34.8 Å². The first kappa shape index (κ1) is 12.6. The molecule has 0 radical (unpaired) electrons. The number of hydrogen-bond donors (Lipinski definition) is 1. The highest BCUT2D eigenvalue weighted by Crippen LogP contribution is 2.31. The molecule has 0 fully saturated rings. The quantitative estimate of drug-likeness (QED) is 0.896. The maximum Gasteiger partial charge on any atom is 0.259 e. The van der Waals surface area contributed by atoms with Crippen LogP contribution in [0.1, 0.15) is 10.4 Å². The molecule has 0 spiro atoms. The number of aromatic nitrogens is 1. The minimum absolute atomic E-state index is 0.289. The van der Waals surface area contributed by atoms with E-state index in [0.717, 1.165) is 11.3 Å². The van der Waals surface area contributed by atoms with Crippen LogP contribution in [0.5, 0.6) is 0 Å². The van der Waals surface area contributed by atoms with Gasteiger partial charge in [0.1, 0.15) is 4.34 Å². The van der Waals surface area contributed by atoms with Crippen LogP contribution < -0.4 is 5.32 Å². The number of amides is 1. The highest BCUT2D eigenvalue weighted by Gasteiger charge is 2.15. The zero-order valence-electron chi connectivity index (χ0n) is 8.21. The number of nitrogens with one attached hydrogen (secondary N) is 1. The Bertz CT molecular complexity index is 570. The molecule has 0 bridgehead atoms. The summed E-state index contributed by atoms with van der Waals surface area (Å²) < 4.78 is 0.784. The summed E-state index contributed by atoms with van der Waals surface area (Å²) in [6, 6.07) is 4.81. The standard InChI is InChI=1S/C10H5Cl3N2OS/c11-6-2-1-3-14-9(6)15-10(16)5-4-7(12)17-8(5)13/h1-4H,(H,14,15,16). The van der Waals surface area contributed by atoms with Gasteiger partial charge in [-0.3, -0.25) is 4.79 Å². The predicted molar refractivity (Wildman–Crippen MR) is 71.5 cm³/mol. The molecule has 17 heavy (non-hydrogen) atoms. The smallest absolute Gasteiger partial charge is 0.259 e. The van der Waals surface area contributed by atoms with Crippen LogP contribution in [-0.2, 0) is 0 Å². The largest absolute Gasteiger partial charge is 0.305 e. The molecule has 0 saturated heterocycles. The molecule has 2 rings (SSSR count). The average molecular weight is 308 g/mol. The van der Waals surface area contributed by atoms with Crippen LogP contribution >= 0.6 is 46.1 Å². The second-order valence-corrected chi connectivity index (χ2v) is 5.72. The number of halogens is 3. The van der Waals surface area contributed by atoms with E-state index in [9.17, 15) is 4.79 Å². The fraction of sp³-hybridized carbons (Fsp3) is 0. The van der Waals surface area contributed by atoms with Crippen molar-refractivity contribution in [1.82, 2.24) is 4.98 Å². The summed E-state index contributed by atoms with van der Waals surface area (Å²) in [7, 11) is 0. The number of rotatable bonds is 2. The fourth-order valence-electron chi connectivity index (χ4n) is 1.15. The van der Waals surface area contributed by atoms with Gasteiger partial charge in [-0.2, -0.15) is 0 Å². The molecular formula is C10H5Cl3N2OS. The molecule has 0 atom stereocenters. The van der Waals surface area contributed by atoms with Gasteiger partial charge in [0.15, 0.2) is 5.82 Å².